The van der Waals surface area contributed by atoms with E-state index < -0.39 is 0 Å². The van der Waals surface area contributed by atoms with Crippen molar-refractivity contribution in [2.75, 3.05) is 7.11 Å². The number of nitrogens with one attached hydrogen (secondary N) is 1. The quantitative estimate of drug-likeness (QED) is 0.623. The molecule has 0 aliphatic carbocycles. The molecule has 2 aliphatic heterocycles. The van der Waals surface area contributed by atoms with Crippen molar-refractivity contribution in [2.45, 2.75) is 50.5 Å². The van der Waals surface area contributed by atoms with E-state index in [-0.39, 0.29) is 18.2 Å². The van der Waals surface area contributed by atoms with Gasteiger partial charge in [-0.05, 0) is 19.8 Å². The van der Waals surface area contributed by atoms with Crippen LogP contribution in [0.25, 0.3) is 0 Å². The van der Waals surface area contributed by atoms with Gasteiger partial charge in [0.15, 0.2) is 6.10 Å². The van der Waals surface area contributed by atoms with E-state index in [0.717, 1.165) is 19.3 Å². The molecule has 14 heavy (non-hydrogen) atoms. The molecule has 0 bridgehead atoms. The van der Waals surface area contributed by atoms with Crippen molar-refractivity contribution in [2.24, 2.45) is 0 Å². The monoisotopic (exact) mass is 199 g/mol. The first-order valence-electron chi connectivity index (χ1n) is 5.20. The van der Waals surface area contributed by atoms with E-state index in [2.05, 4.69) is 17.0 Å². The van der Waals surface area contributed by atoms with E-state index in [9.17, 15) is 4.79 Å². The SMILES string of the molecule is COC(=O)[C@@H]1C[C@@H]2N[C@H](C)CC[C@@H]2O1. The zero-order valence-corrected chi connectivity index (χ0v) is 8.66. The number of piperidine rings is 1. The van der Waals surface area contributed by atoms with Crippen LogP contribution in [0.2, 0.25) is 0 Å². The second-order valence-electron chi connectivity index (χ2n) is 4.17. The fourth-order valence-corrected chi connectivity index (χ4v) is 2.33. The number of methoxy groups -OCH3 is 1. The molecule has 2 rings (SSSR count). The third-order valence-electron chi connectivity index (χ3n) is 3.10. The molecule has 0 aromatic heterocycles. The number of ether oxygens (including phenoxy) is 2. The molecule has 2 aliphatic rings. The average Bonchev–Trinajstić information content (AvgIpc) is 2.59. The summed E-state index contributed by atoms with van der Waals surface area (Å²) in [6.07, 6.45) is 2.77. The van der Waals surface area contributed by atoms with Crippen LogP contribution in [0.15, 0.2) is 0 Å². The smallest absolute Gasteiger partial charge is 0.335 e. The van der Waals surface area contributed by atoms with E-state index in [1.165, 1.54) is 7.11 Å². The van der Waals surface area contributed by atoms with Gasteiger partial charge in [0, 0.05) is 18.5 Å². The summed E-state index contributed by atoms with van der Waals surface area (Å²) < 4.78 is 10.3. The van der Waals surface area contributed by atoms with E-state index in [4.69, 9.17) is 4.74 Å². The highest BCUT2D eigenvalue weighted by atomic mass is 16.6. The van der Waals surface area contributed by atoms with E-state index in [1.807, 2.05) is 0 Å². The Morgan fingerprint density at radius 2 is 2.29 bits per heavy atom. The summed E-state index contributed by atoms with van der Waals surface area (Å²) >= 11 is 0. The number of rotatable bonds is 1. The Balaban J connectivity index is 1.95. The van der Waals surface area contributed by atoms with Gasteiger partial charge in [0.2, 0.25) is 0 Å². The van der Waals surface area contributed by atoms with Crippen molar-refractivity contribution in [3.63, 3.8) is 0 Å². The largest absolute Gasteiger partial charge is 0.467 e. The highest BCUT2D eigenvalue weighted by molar-refractivity contribution is 5.75. The van der Waals surface area contributed by atoms with Gasteiger partial charge in [-0.2, -0.15) is 0 Å². The molecule has 0 spiro atoms. The lowest BCUT2D eigenvalue weighted by atomic mass is 9.96. The van der Waals surface area contributed by atoms with Gasteiger partial charge in [-0.3, -0.25) is 0 Å². The van der Waals surface area contributed by atoms with Crippen molar-refractivity contribution in [3.05, 3.63) is 0 Å². The Bertz CT molecular complexity index is 231. The molecular formula is C10H17NO3. The topological polar surface area (TPSA) is 47.6 Å². The number of carbonyl (C=O) groups is 1. The van der Waals surface area contributed by atoms with Gasteiger partial charge < -0.3 is 14.8 Å². The Morgan fingerprint density at radius 3 is 3.00 bits per heavy atom. The Morgan fingerprint density at radius 1 is 1.50 bits per heavy atom. The summed E-state index contributed by atoms with van der Waals surface area (Å²) in [6.45, 7) is 2.17. The third-order valence-corrected chi connectivity index (χ3v) is 3.10. The van der Waals surface area contributed by atoms with Crippen molar-refractivity contribution in [1.29, 1.82) is 0 Å². The van der Waals surface area contributed by atoms with Crippen LogP contribution in [0.3, 0.4) is 0 Å². The van der Waals surface area contributed by atoms with E-state index >= 15 is 0 Å². The number of esters is 1. The summed E-state index contributed by atoms with van der Waals surface area (Å²) in [4.78, 5) is 11.3. The molecule has 0 aromatic carbocycles. The Kier molecular flexibility index (Phi) is 2.74. The second kappa shape index (κ2) is 3.87. The standard InChI is InChI=1S/C10H17NO3/c1-6-3-4-8-7(11-6)5-9(14-8)10(12)13-2/h6-9,11H,3-5H2,1-2H3/t6-,7+,8+,9+/m1/s1. The Hall–Kier alpha value is -0.610. The lowest BCUT2D eigenvalue weighted by molar-refractivity contribution is -0.153. The molecule has 80 valence electrons. The minimum absolute atomic E-state index is 0.204. The van der Waals surface area contributed by atoms with Crippen molar-refractivity contribution in [1.82, 2.24) is 5.32 Å². The average molecular weight is 199 g/mol. The predicted molar refractivity (Wildman–Crippen MR) is 50.9 cm³/mol. The molecule has 4 atom stereocenters. The maximum atomic E-state index is 11.3. The summed E-state index contributed by atoms with van der Waals surface area (Å²) in [5.74, 6) is -0.242. The third kappa shape index (κ3) is 1.77. The first kappa shape index (κ1) is 9.93. The number of fused-ring (bicyclic) bond motifs is 1. The van der Waals surface area contributed by atoms with Gasteiger partial charge in [0.25, 0.3) is 0 Å². The van der Waals surface area contributed by atoms with Gasteiger partial charge in [-0.25, -0.2) is 4.79 Å². The van der Waals surface area contributed by atoms with Crippen LogP contribution in [0.4, 0.5) is 0 Å². The molecule has 0 aromatic rings. The maximum absolute atomic E-state index is 11.3. The maximum Gasteiger partial charge on any atom is 0.335 e. The van der Waals surface area contributed by atoms with Crippen LogP contribution in [-0.4, -0.2) is 37.4 Å². The van der Waals surface area contributed by atoms with Gasteiger partial charge in [0.05, 0.1) is 13.2 Å². The minimum Gasteiger partial charge on any atom is -0.467 e. The Labute approximate surface area is 84.0 Å². The van der Waals surface area contributed by atoms with Crippen LogP contribution < -0.4 is 5.32 Å². The molecule has 2 heterocycles. The van der Waals surface area contributed by atoms with Crippen LogP contribution in [0, 0.1) is 0 Å². The first-order valence-corrected chi connectivity index (χ1v) is 5.20. The normalized spacial score (nSPS) is 41.9. The zero-order chi connectivity index (χ0) is 10.1. The van der Waals surface area contributed by atoms with Crippen LogP contribution in [0.5, 0.6) is 0 Å². The highest BCUT2D eigenvalue weighted by Gasteiger charge is 2.41. The molecule has 4 nitrogen and oxygen atoms in total. The fourth-order valence-electron chi connectivity index (χ4n) is 2.33. The van der Waals surface area contributed by atoms with Crippen molar-refractivity contribution >= 4 is 5.97 Å². The van der Waals surface area contributed by atoms with E-state index in [1.54, 1.807) is 0 Å². The summed E-state index contributed by atoms with van der Waals surface area (Å²) in [5.41, 5.74) is 0. The molecule has 2 saturated heterocycles. The molecule has 0 radical (unpaired) electrons. The molecule has 0 saturated carbocycles. The fraction of sp³-hybridized carbons (Fsp3) is 0.900. The minimum atomic E-state index is -0.354. The lowest BCUT2D eigenvalue weighted by Crippen LogP contribution is -2.46. The summed E-state index contributed by atoms with van der Waals surface area (Å²) in [5, 5.41) is 3.45. The number of hydrogen-bond donors (Lipinski definition) is 1. The molecular weight excluding hydrogens is 182 g/mol. The number of carbonyl (C=O) groups excluding carboxylic acids is 1. The predicted octanol–water partition coefficient (Wildman–Crippen LogP) is 0.457. The van der Waals surface area contributed by atoms with E-state index in [0.29, 0.717) is 12.1 Å². The highest BCUT2D eigenvalue weighted by Crippen LogP contribution is 2.28. The van der Waals surface area contributed by atoms with Gasteiger partial charge >= 0.3 is 5.97 Å². The first-order chi connectivity index (χ1) is 6.70. The van der Waals surface area contributed by atoms with Crippen molar-refractivity contribution < 1.29 is 14.3 Å². The van der Waals surface area contributed by atoms with Crippen molar-refractivity contribution in [3.8, 4) is 0 Å². The van der Waals surface area contributed by atoms with Gasteiger partial charge in [-0.1, -0.05) is 0 Å². The number of hydrogen-bond acceptors (Lipinski definition) is 4. The molecule has 4 heteroatoms. The van der Waals surface area contributed by atoms with Gasteiger partial charge in [-0.15, -0.1) is 0 Å². The molecule has 1 N–H and O–H groups in total. The lowest BCUT2D eigenvalue weighted by Gasteiger charge is -2.29. The molecule has 0 amide bonds. The van der Waals surface area contributed by atoms with Crippen LogP contribution >= 0.6 is 0 Å². The summed E-state index contributed by atoms with van der Waals surface area (Å²) in [6, 6.07) is 0.874. The second-order valence-corrected chi connectivity index (χ2v) is 4.17. The zero-order valence-electron chi connectivity index (χ0n) is 8.66. The summed E-state index contributed by atoms with van der Waals surface area (Å²) in [7, 11) is 1.41. The van der Waals surface area contributed by atoms with Crippen LogP contribution in [0.1, 0.15) is 26.2 Å². The molecule has 2 fully saturated rings. The van der Waals surface area contributed by atoms with Gasteiger partial charge in [0.1, 0.15) is 0 Å². The molecule has 0 unspecified atom stereocenters. The van der Waals surface area contributed by atoms with Crippen LogP contribution in [-0.2, 0) is 14.3 Å².